The van der Waals surface area contributed by atoms with Crippen molar-refractivity contribution in [3.05, 3.63) is 54.0 Å². The van der Waals surface area contributed by atoms with Crippen LogP contribution in [-0.4, -0.2) is 14.6 Å². The standard InChI is InChI=1S/C13H7F4N3/c14-10-4-2-1-3-9(10)12-19-18-11-6-5-8(7-20(11)12)13(15,16)17/h1-7H. The number of pyridine rings is 1. The molecular formula is C13H7F4N3. The summed E-state index contributed by atoms with van der Waals surface area (Å²) in [6.07, 6.45) is -3.62. The molecule has 0 bridgehead atoms. The van der Waals surface area contributed by atoms with Gasteiger partial charge in [0.2, 0.25) is 0 Å². The van der Waals surface area contributed by atoms with E-state index in [1.54, 1.807) is 6.07 Å². The van der Waals surface area contributed by atoms with Gasteiger partial charge in [-0.2, -0.15) is 13.2 Å². The molecule has 0 fully saturated rings. The van der Waals surface area contributed by atoms with Crippen molar-refractivity contribution in [1.29, 1.82) is 0 Å². The maximum Gasteiger partial charge on any atom is 0.417 e. The summed E-state index contributed by atoms with van der Waals surface area (Å²) >= 11 is 0. The molecule has 0 aliphatic heterocycles. The predicted octanol–water partition coefficient (Wildman–Crippen LogP) is 3.55. The quantitative estimate of drug-likeness (QED) is 0.638. The SMILES string of the molecule is Fc1ccccc1-c1nnc2ccc(C(F)(F)F)cn12. The first kappa shape index (κ1) is 12.6. The van der Waals surface area contributed by atoms with Gasteiger partial charge in [-0.05, 0) is 24.3 Å². The van der Waals surface area contributed by atoms with Gasteiger partial charge in [-0.1, -0.05) is 12.1 Å². The molecule has 3 aromatic rings. The molecule has 0 atom stereocenters. The van der Waals surface area contributed by atoms with E-state index < -0.39 is 17.6 Å². The Morgan fingerprint density at radius 3 is 2.40 bits per heavy atom. The fourth-order valence-electron chi connectivity index (χ4n) is 1.88. The molecular weight excluding hydrogens is 274 g/mol. The second kappa shape index (κ2) is 4.29. The Hall–Kier alpha value is -2.44. The summed E-state index contributed by atoms with van der Waals surface area (Å²) < 4.78 is 53.0. The number of fused-ring (bicyclic) bond motifs is 1. The molecule has 3 nitrogen and oxygen atoms in total. The van der Waals surface area contributed by atoms with Crippen LogP contribution in [0.4, 0.5) is 17.6 Å². The molecule has 0 amide bonds. The lowest BCUT2D eigenvalue weighted by Gasteiger charge is -2.07. The van der Waals surface area contributed by atoms with E-state index in [0.29, 0.717) is 0 Å². The van der Waals surface area contributed by atoms with Crippen LogP contribution in [0.5, 0.6) is 0 Å². The van der Waals surface area contributed by atoms with Crippen LogP contribution >= 0.6 is 0 Å². The molecule has 3 rings (SSSR count). The molecule has 2 heterocycles. The minimum Gasteiger partial charge on any atom is -0.282 e. The smallest absolute Gasteiger partial charge is 0.282 e. The Labute approximate surface area is 110 Å². The second-order valence-corrected chi connectivity index (χ2v) is 4.15. The van der Waals surface area contributed by atoms with Crippen LogP contribution in [0.15, 0.2) is 42.6 Å². The molecule has 0 saturated heterocycles. The van der Waals surface area contributed by atoms with Crippen molar-refractivity contribution in [3.63, 3.8) is 0 Å². The van der Waals surface area contributed by atoms with Crippen molar-refractivity contribution < 1.29 is 17.6 Å². The number of benzene rings is 1. The van der Waals surface area contributed by atoms with Crippen LogP contribution in [0.2, 0.25) is 0 Å². The average Bonchev–Trinajstić information content (AvgIpc) is 2.81. The van der Waals surface area contributed by atoms with Gasteiger partial charge in [0.15, 0.2) is 11.5 Å². The van der Waals surface area contributed by atoms with E-state index in [1.807, 2.05) is 0 Å². The van der Waals surface area contributed by atoms with Crippen LogP contribution < -0.4 is 0 Å². The van der Waals surface area contributed by atoms with E-state index in [1.165, 1.54) is 24.3 Å². The molecule has 0 spiro atoms. The van der Waals surface area contributed by atoms with Gasteiger partial charge in [0.1, 0.15) is 5.82 Å². The lowest BCUT2D eigenvalue weighted by atomic mass is 10.2. The third kappa shape index (κ3) is 2.01. The van der Waals surface area contributed by atoms with Crippen LogP contribution in [0, 0.1) is 5.82 Å². The van der Waals surface area contributed by atoms with E-state index in [4.69, 9.17) is 0 Å². The maximum atomic E-state index is 13.7. The van der Waals surface area contributed by atoms with Crippen molar-refractivity contribution in [1.82, 2.24) is 14.6 Å². The molecule has 7 heteroatoms. The Bertz CT molecular complexity index is 777. The predicted molar refractivity (Wildman–Crippen MR) is 63.4 cm³/mol. The third-order valence-electron chi connectivity index (χ3n) is 2.84. The first-order valence-corrected chi connectivity index (χ1v) is 5.64. The van der Waals surface area contributed by atoms with E-state index in [2.05, 4.69) is 10.2 Å². The van der Waals surface area contributed by atoms with E-state index in [0.717, 1.165) is 16.7 Å². The van der Waals surface area contributed by atoms with Gasteiger partial charge in [-0.25, -0.2) is 4.39 Å². The highest BCUT2D eigenvalue weighted by molar-refractivity contribution is 5.60. The zero-order valence-electron chi connectivity index (χ0n) is 9.89. The van der Waals surface area contributed by atoms with Gasteiger partial charge in [0.25, 0.3) is 0 Å². The molecule has 0 aliphatic rings. The maximum absolute atomic E-state index is 13.7. The zero-order chi connectivity index (χ0) is 14.3. The van der Waals surface area contributed by atoms with Crippen molar-refractivity contribution in [3.8, 4) is 11.4 Å². The Balaban J connectivity index is 2.25. The van der Waals surface area contributed by atoms with Gasteiger partial charge >= 0.3 is 6.18 Å². The summed E-state index contributed by atoms with van der Waals surface area (Å²) in [5.74, 6) is -0.539. The normalized spacial score (nSPS) is 12.0. The van der Waals surface area contributed by atoms with Gasteiger partial charge in [0.05, 0.1) is 11.1 Å². The Morgan fingerprint density at radius 1 is 0.950 bits per heavy atom. The molecule has 0 radical (unpaired) electrons. The van der Waals surface area contributed by atoms with Gasteiger partial charge in [0, 0.05) is 6.20 Å². The summed E-state index contributed by atoms with van der Waals surface area (Å²) in [6, 6.07) is 7.82. The molecule has 0 aliphatic carbocycles. The second-order valence-electron chi connectivity index (χ2n) is 4.15. The fraction of sp³-hybridized carbons (Fsp3) is 0.0769. The van der Waals surface area contributed by atoms with Crippen LogP contribution in [0.25, 0.3) is 17.0 Å². The molecule has 1 aromatic carbocycles. The number of aromatic nitrogens is 3. The van der Waals surface area contributed by atoms with Crippen LogP contribution in [-0.2, 0) is 6.18 Å². The molecule has 20 heavy (non-hydrogen) atoms. The molecule has 102 valence electrons. The van der Waals surface area contributed by atoms with Gasteiger partial charge < -0.3 is 0 Å². The first-order chi connectivity index (χ1) is 9.47. The van der Waals surface area contributed by atoms with Crippen LogP contribution in [0.1, 0.15) is 5.56 Å². The number of hydrogen-bond acceptors (Lipinski definition) is 2. The lowest BCUT2D eigenvalue weighted by Crippen LogP contribution is -2.06. The van der Waals surface area contributed by atoms with Crippen molar-refractivity contribution >= 4 is 5.65 Å². The van der Waals surface area contributed by atoms with Crippen LogP contribution in [0.3, 0.4) is 0 Å². The average molecular weight is 281 g/mol. The molecule has 0 N–H and O–H groups in total. The summed E-state index contributed by atoms with van der Waals surface area (Å²) in [7, 11) is 0. The number of hydrogen-bond donors (Lipinski definition) is 0. The molecule has 2 aromatic heterocycles. The lowest BCUT2D eigenvalue weighted by molar-refractivity contribution is -0.137. The zero-order valence-corrected chi connectivity index (χ0v) is 9.89. The first-order valence-electron chi connectivity index (χ1n) is 5.64. The minimum absolute atomic E-state index is 0.0317. The minimum atomic E-state index is -4.48. The van der Waals surface area contributed by atoms with Crippen molar-refractivity contribution in [2.45, 2.75) is 6.18 Å². The third-order valence-corrected chi connectivity index (χ3v) is 2.84. The summed E-state index contributed by atoms with van der Waals surface area (Å²) in [4.78, 5) is 0. The highest BCUT2D eigenvalue weighted by atomic mass is 19.4. The van der Waals surface area contributed by atoms with Gasteiger partial charge in [-0.3, -0.25) is 4.40 Å². The van der Waals surface area contributed by atoms with Crippen molar-refractivity contribution in [2.24, 2.45) is 0 Å². The largest absolute Gasteiger partial charge is 0.417 e. The number of nitrogens with zero attached hydrogens (tertiary/aromatic N) is 3. The number of halogens is 4. The topological polar surface area (TPSA) is 30.2 Å². The van der Waals surface area contributed by atoms with Crippen molar-refractivity contribution in [2.75, 3.05) is 0 Å². The highest BCUT2D eigenvalue weighted by Gasteiger charge is 2.31. The Morgan fingerprint density at radius 2 is 1.70 bits per heavy atom. The summed E-state index contributed by atoms with van der Waals surface area (Å²) in [6.45, 7) is 0. The number of alkyl halides is 3. The van der Waals surface area contributed by atoms with E-state index in [9.17, 15) is 17.6 Å². The monoisotopic (exact) mass is 281 g/mol. The summed E-state index contributed by atoms with van der Waals surface area (Å²) in [5, 5.41) is 7.49. The summed E-state index contributed by atoms with van der Waals surface area (Å²) in [5.41, 5.74) is -0.530. The highest BCUT2D eigenvalue weighted by Crippen LogP contribution is 2.30. The van der Waals surface area contributed by atoms with Gasteiger partial charge in [-0.15, -0.1) is 10.2 Å². The van der Waals surface area contributed by atoms with E-state index >= 15 is 0 Å². The molecule has 0 saturated carbocycles. The fourth-order valence-corrected chi connectivity index (χ4v) is 1.88. The van der Waals surface area contributed by atoms with E-state index in [-0.39, 0.29) is 17.0 Å². The molecule has 0 unspecified atom stereocenters. The number of rotatable bonds is 1. The Kier molecular flexibility index (Phi) is 2.70.